The van der Waals surface area contributed by atoms with Crippen molar-refractivity contribution in [2.45, 2.75) is 12.8 Å². The number of rotatable bonds is 4. The molecule has 0 aliphatic rings. The Bertz CT molecular complexity index is 344. The van der Waals surface area contributed by atoms with Crippen molar-refractivity contribution < 1.29 is 9.84 Å². The zero-order valence-electron chi connectivity index (χ0n) is 7.73. The van der Waals surface area contributed by atoms with Gasteiger partial charge >= 0.3 is 0 Å². The Morgan fingerprint density at radius 1 is 1.50 bits per heavy atom. The minimum Gasteiger partial charge on any atom is -0.506 e. The van der Waals surface area contributed by atoms with Crippen LogP contribution in [0.5, 0.6) is 11.5 Å². The standard InChI is InChI=1S/C10H12N2O2/c11-6-1-2-7-14-9-5-3-4-8(13)10(9)12/h3-5,13H,1-2,7,12H2. The third-order valence-electron chi connectivity index (χ3n) is 1.73. The van der Waals surface area contributed by atoms with E-state index in [4.69, 9.17) is 15.7 Å². The van der Waals surface area contributed by atoms with Gasteiger partial charge in [-0.05, 0) is 18.6 Å². The summed E-state index contributed by atoms with van der Waals surface area (Å²) < 4.78 is 5.28. The van der Waals surface area contributed by atoms with E-state index in [0.717, 1.165) is 0 Å². The van der Waals surface area contributed by atoms with Crippen molar-refractivity contribution in [2.24, 2.45) is 0 Å². The molecule has 0 unspecified atom stereocenters. The molecule has 74 valence electrons. The second kappa shape index (κ2) is 4.97. The highest BCUT2D eigenvalue weighted by molar-refractivity contribution is 5.61. The molecule has 0 fully saturated rings. The van der Waals surface area contributed by atoms with Crippen LogP contribution in [0.15, 0.2) is 18.2 Å². The number of benzene rings is 1. The van der Waals surface area contributed by atoms with Crippen molar-refractivity contribution in [1.82, 2.24) is 0 Å². The van der Waals surface area contributed by atoms with Gasteiger partial charge < -0.3 is 15.6 Å². The van der Waals surface area contributed by atoms with E-state index in [0.29, 0.717) is 25.2 Å². The average Bonchev–Trinajstić information content (AvgIpc) is 2.19. The van der Waals surface area contributed by atoms with E-state index in [9.17, 15) is 5.11 Å². The smallest absolute Gasteiger partial charge is 0.145 e. The third kappa shape index (κ3) is 2.56. The Morgan fingerprint density at radius 3 is 3.00 bits per heavy atom. The largest absolute Gasteiger partial charge is 0.506 e. The van der Waals surface area contributed by atoms with Gasteiger partial charge in [0, 0.05) is 6.42 Å². The van der Waals surface area contributed by atoms with Crippen molar-refractivity contribution in [3.05, 3.63) is 18.2 Å². The normalized spacial score (nSPS) is 9.36. The van der Waals surface area contributed by atoms with E-state index in [-0.39, 0.29) is 11.4 Å². The number of ether oxygens (including phenoxy) is 1. The molecule has 0 aromatic heterocycles. The van der Waals surface area contributed by atoms with Gasteiger partial charge in [-0.25, -0.2) is 0 Å². The third-order valence-corrected chi connectivity index (χ3v) is 1.73. The van der Waals surface area contributed by atoms with Crippen molar-refractivity contribution in [2.75, 3.05) is 12.3 Å². The second-order valence-electron chi connectivity index (χ2n) is 2.80. The zero-order chi connectivity index (χ0) is 10.4. The number of hydrogen-bond donors (Lipinski definition) is 2. The fourth-order valence-corrected chi connectivity index (χ4v) is 0.992. The summed E-state index contributed by atoms with van der Waals surface area (Å²) in [6.45, 7) is 0.432. The summed E-state index contributed by atoms with van der Waals surface area (Å²) in [4.78, 5) is 0. The molecule has 0 spiro atoms. The summed E-state index contributed by atoms with van der Waals surface area (Å²) in [6.07, 6.45) is 1.12. The van der Waals surface area contributed by atoms with Crippen molar-refractivity contribution in [3.63, 3.8) is 0 Å². The summed E-state index contributed by atoms with van der Waals surface area (Å²) >= 11 is 0. The Balaban J connectivity index is 2.51. The van der Waals surface area contributed by atoms with Crippen LogP contribution in [-0.2, 0) is 0 Å². The van der Waals surface area contributed by atoms with Crippen molar-refractivity contribution >= 4 is 5.69 Å². The molecule has 1 aromatic carbocycles. The maximum Gasteiger partial charge on any atom is 0.145 e. The van der Waals surface area contributed by atoms with E-state index < -0.39 is 0 Å². The van der Waals surface area contributed by atoms with E-state index in [1.54, 1.807) is 12.1 Å². The molecule has 3 N–H and O–H groups in total. The van der Waals surface area contributed by atoms with Gasteiger partial charge in [-0.1, -0.05) is 6.07 Å². The predicted molar refractivity (Wildman–Crippen MR) is 52.9 cm³/mol. The van der Waals surface area contributed by atoms with Gasteiger partial charge in [0.15, 0.2) is 0 Å². The molecule has 14 heavy (non-hydrogen) atoms. The summed E-state index contributed by atoms with van der Waals surface area (Å²) in [5.41, 5.74) is 5.80. The number of aromatic hydroxyl groups is 1. The molecule has 0 atom stereocenters. The Morgan fingerprint density at radius 2 is 2.29 bits per heavy atom. The second-order valence-corrected chi connectivity index (χ2v) is 2.80. The van der Waals surface area contributed by atoms with E-state index in [1.807, 2.05) is 6.07 Å². The lowest BCUT2D eigenvalue weighted by Gasteiger charge is -2.08. The Labute approximate surface area is 82.5 Å². The van der Waals surface area contributed by atoms with E-state index in [1.165, 1.54) is 6.07 Å². The lowest BCUT2D eigenvalue weighted by molar-refractivity contribution is 0.313. The predicted octanol–water partition coefficient (Wildman–Crippen LogP) is 1.66. The van der Waals surface area contributed by atoms with Gasteiger partial charge in [0.1, 0.15) is 17.2 Å². The molecule has 0 amide bonds. The van der Waals surface area contributed by atoms with Crippen LogP contribution in [0.25, 0.3) is 0 Å². The minimum absolute atomic E-state index is 0.0165. The molecule has 0 heterocycles. The number of phenols is 1. The number of nitrogens with zero attached hydrogens (tertiary/aromatic N) is 1. The number of hydrogen-bond acceptors (Lipinski definition) is 4. The molecule has 1 rings (SSSR count). The first-order valence-corrected chi connectivity index (χ1v) is 4.33. The van der Waals surface area contributed by atoms with Crippen molar-refractivity contribution in [3.8, 4) is 17.6 Å². The van der Waals surface area contributed by atoms with Gasteiger partial charge in [0.05, 0.1) is 12.7 Å². The van der Waals surface area contributed by atoms with Crippen LogP contribution in [-0.4, -0.2) is 11.7 Å². The average molecular weight is 192 g/mol. The number of unbranched alkanes of at least 4 members (excludes halogenated alkanes) is 1. The first kappa shape index (κ1) is 10.2. The lowest BCUT2D eigenvalue weighted by atomic mass is 10.3. The van der Waals surface area contributed by atoms with Crippen LogP contribution in [0.4, 0.5) is 5.69 Å². The van der Waals surface area contributed by atoms with Gasteiger partial charge in [-0.15, -0.1) is 0 Å². The highest BCUT2D eigenvalue weighted by Gasteiger charge is 2.03. The summed E-state index contributed by atoms with van der Waals surface area (Å²) in [7, 11) is 0. The molecule has 1 aromatic rings. The number of phenolic OH excluding ortho intramolecular Hbond substituents is 1. The minimum atomic E-state index is 0.0165. The Kier molecular flexibility index (Phi) is 3.62. The molecule has 0 bridgehead atoms. The highest BCUT2D eigenvalue weighted by atomic mass is 16.5. The fraction of sp³-hybridized carbons (Fsp3) is 0.300. The molecule has 0 saturated heterocycles. The molecule has 0 radical (unpaired) electrons. The number of nitrogens with two attached hydrogens (primary N) is 1. The quantitative estimate of drug-likeness (QED) is 0.432. The fourth-order valence-electron chi connectivity index (χ4n) is 0.992. The highest BCUT2D eigenvalue weighted by Crippen LogP contribution is 2.29. The number of nitriles is 1. The molecule has 4 heteroatoms. The van der Waals surface area contributed by atoms with Crippen LogP contribution in [0.2, 0.25) is 0 Å². The maximum atomic E-state index is 9.25. The lowest BCUT2D eigenvalue weighted by Crippen LogP contribution is -1.99. The molecule has 0 aliphatic heterocycles. The summed E-state index contributed by atoms with van der Waals surface area (Å²) in [5.74, 6) is 0.478. The monoisotopic (exact) mass is 192 g/mol. The van der Waals surface area contributed by atoms with Crippen LogP contribution in [0.3, 0.4) is 0 Å². The molecule has 0 aliphatic carbocycles. The van der Waals surface area contributed by atoms with Crippen molar-refractivity contribution in [1.29, 1.82) is 5.26 Å². The summed E-state index contributed by atoms with van der Waals surface area (Å²) in [5, 5.41) is 17.5. The number of para-hydroxylation sites is 1. The van der Waals surface area contributed by atoms with Gasteiger partial charge in [0.2, 0.25) is 0 Å². The molecule has 4 nitrogen and oxygen atoms in total. The van der Waals surface area contributed by atoms with Crippen LogP contribution >= 0.6 is 0 Å². The zero-order valence-corrected chi connectivity index (χ0v) is 7.73. The molecule has 0 saturated carbocycles. The number of anilines is 1. The molecular weight excluding hydrogens is 180 g/mol. The van der Waals surface area contributed by atoms with E-state index in [2.05, 4.69) is 0 Å². The SMILES string of the molecule is N#CCCCOc1cccc(O)c1N. The Hall–Kier alpha value is -1.89. The van der Waals surface area contributed by atoms with Gasteiger partial charge in [0.25, 0.3) is 0 Å². The van der Waals surface area contributed by atoms with Gasteiger partial charge in [-0.3, -0.25) is 0 Å². The van der Waals surface area contributed by atoms with Crippen LogP contribution < -0.4 is 10.5 Å². The van der Waals surface area contributed by atoms with Crippen LogP contribution in [0.1, 0.15) is 12.8 Å². The maximum absolute atomic E-state index is 9.25. The molecular formula is C10H12N2O2. The first-order valence-electron chi connectivity index (χ1n) is 4.33. The van der Waals surface area contributed by atoms with E-state index >= 15 is 0 Å². The first-order chi connectivity index (χ1) is 6.75. The topological polar surface area (TPSA) is 79.3 Å². The van der Waals surface area contributed by atoms with Gasteiger partial charge in [-0.2, -0.15) is 5.26 Å². The van der Waals surface area contributed by atoms with Crippen LogP contribution in [0, 0.1) is 11.3 Å². The summed E-state index contributed by atoms with van der Waals surface area (Å²) in [6, 6.07) is 6.86. The number of nitrogen functional groups attached to an aromatic ring is 1.